The van der Waals surface area contributed by atoms with Crippen molar-refractivity contribution in [1.82, 2.24) is 15.1 Å². The van der Waals surface area contributed by atoms with Crippen molar-refractivity contribution in [3.63, 3.8) is 0 Å². The van der Waals surface area contributed by atoms with E-state index in [-0.39, 0.29) is 5.91 Å². The molecule has 158 valence electrons. The quantitative estimate of drug-likeness (QED) is 0.441. The Bertz CT molecular complexity index is 1150. The zero-order valence-corrected chi connectivity index (χ0v) is 18.2. The molecule has 0 aliphatic carbocycles. The minimum absolute atomic E-state index is 0.187. The number of methoxy groups -OCH3 is 2. The first-order valence-corrected chi connectivity index (χ1v) is 10.7. The molecule has 0 saturated heterocycles. The smallest absolute Gasteiger partial charge is 0.255 e. The van der Waals surface area contributed by atoms with Gasteiger partial charge in [0.2, 0.25) is 0 Å². The number of hydrogen-bond acceptors (Lipinski definition) is 5. The van der Waals surface area contributed by atoms with Gasteiger partial charge in [-0.3, -0.25) is 9.48 Å². The summed E-state index contributed by atoms with van der Waals surface area (Å²) in [7, 11) is 3.22. The summed E-state index contributed by atoms with van der Waals surface area (Å²) in [6, 6.07) is 19.5. The van der Waals surface area contributed by atoms with Gasteiger partial charge in [-0.05, 0) is 35.2 Å². The molecule has 2 aromatic heterocycles. The van der Waals surface area contributed by atoms with Crippen molar-refractivity contribution in [3.05, 3.63) is 88.9 Å². The molecule has 0 bridgehead atoms. The topological polar surface area (TPSA) is 65.4 Å². The summed E-state index contributed by atoms with van der Waals surface area (Å²) in [5.74, 6) is 1.21. The molecule has 0 radical (unpaired) electrons. The number of ether oxygens (including phenoxy) is 2. The Balaban J connectivity index is 1.58. The summed E-state index contributed by atoms with van der Waals surface area (Å²) in [5.41, 5.74) is 3.18. The van der Waals surface area contributed by atoms with Crippen LogP contribution in [0, 0.1) is 0 Å². The maximum atomic E-state index is 13.1. The van der Waals surface area contributed by atoms with Gasteiger partial charge in [0.15, 0.2) is 0 Å². The molecule has 4 aromatic rings. The molecule has 2 aromatic carbocycles. The van der Waals surface area contributed by atoms with Gasteiger partial charge in [-0.1, -0.05) is 36.4 Å². The number of amides is 1. The van der Waals surface area contributed by atoms with Crippen molar-refractivity contribution < 1.29 is 14.3 Å². The van der Waals surface area contributed by atoms with Crippen molar-refractivity contribution in [1.29, 1.82) is 0 Å². The van der Waals surface area contributed by atoms with E-state index in [1.54, 1.807) is 31.8 Å². The number of hydrogen-bond donors (Lipinski definition) is 1. The second kappa shape index (κ2) is 9.49. The van der Waals surface area contributed by atoms with Crippen molar-refractivity contribution in [3.8, 4) is 22.1 Å². The summed E-state index contributed by atoms with van der Waals surface area (Å²) in [6.07, 6.45) is 1.81. The highest BCUT2D eigenvalue weighted by Gasteiger charge is 2.19. The van der Waals surface area contributed by atoms with Crippen LogP contribution in [0.5, 0.6) is 11.5 Å². The molecule has 0 saturated carbocycles. The van der Waals surface area contributed by atoms with Crippen molar-refractivity contribution in [2.24, 2.45) is 0 Å². The van der Waals surface area contributed by atoms with Gasteiger partial charge in [-0.25, -0.2) is 0 Å². The van der Waals surface area contributed by atoms with Gasteiger partial charge in [-0.15, -0.1) is 11.3 Å². The number of nitrogens with one attached hydrogen (secondary N) is 1. The fraction of sp³-hybridized carbons (Fsp3) is 0.167. The maximum Gasteiger partial charge on any atom is 0.255 e. The average Bonchev–Trinajstić information content (AvgIpc) is 3.48. The third-order valence-electron chi connectivity index (χ3n) is 4.88. The first-order valence-electron chi connectivity index (χ1n) is 9.82. The van der Waals surface area contributed by atoms with Gasteiger partial charge < -0.3 is 14.8 Å². The van der Waals surface area contributed by atoms with Crippen LogP contribution in [-0.2, 0) is 13.1 Å². The molecule has 0 spiro atoms. The van der Waals surface area contributed by atoms with Crippen molar-refractivity contribution in [2.45, 2.75) is 13.1 Å². The zero-order chi connectivity index (χ0) is 21.6. The van der Waals surface area contributed by atoms with Gasteiger partial charge in [-0.2, -0.15) is 5.10 Å². The van der Waals surface area contributed by atoms with Crippen LogP contribution in [0.1, 0.15) is 21.5 Å². The van der Waals surface area contributed by atoms with E-state index in [9.17, 15) is 4.79 Å². The van der Waals surface area contributed by atoms with Crippen LogP contribution in [0.15, 0.2) is 72.2 Å². The number of aromatic nitrogens is 2. The minimum atomic E-state index is -0.187. The lowest BCUT2D eigenvalue weighted by molar-refractivity contribution is 0.0951. The predicted molar refractivity (Wildman–Crippen MR) is 122 cm³/mol. The normalized spacial score (nSPS) is 10.6. The molecule has 7 heteroatoms. The fourth-order valence-electron chi connectivity index (χ4n) is 3.33. The van der Waals surface area contributed by atoms with E-state index in [1.807, 2.05) is 70.7 Å². The van der Waals surface area contributed by atoms with E-state index in [4.69, 9.17) is 14.6 Å². The molecular weight excluding hydrogens is 410 g/mol. The fourth-order valence-corrected chi connectivity index (χ4v) is 4.05. The molecule has 1 N–H and O–H groups in total. The SMILES string of the molecule is COc1ccc(OC)c(CNC(=O)c2cn(Cc3ccccc3)nc2-c2cccs2)c1. The number of nitrogens with zero attached hydrogens (tertiary/aromatic N) is 2. The minimum Gasteiger partial charge on any atom is -0.497 e. The Morgan fingerprint density at radius 3 is 2.61 bits per heavy atom. The molecule has 2 heterocycles. The largest absolute Gasteiger partial charge is 0.497 e. The van der Waals surface area contributed by atoms with Crippen molar-refractivity contribution in [2.75, 3.05) is 14.2 Å². The zero-order valence-electron chi connectivity index (χ0n) is 17.4. The van der Waals surface area contributed by atoms with E-state index in [0.29, 0.717) is 35.8 Å². The van der Waals surface area contributed by atoms with Crippen LogP contribution in [0.4, 0.5) is 0 Å². The van der Waals surface area contributed by atoms with Crippen LogP contribution in [0.3, 0.4) is 0 Å². The van der Waals surface area contributed by atoms with E-state index in [0.717, 1.165) is 16.0 Å². The summed E-state index contributed by atoms with van der Waals surface area (Å²) in [5, 5.41) is 9.68. The van der Waals surface area contributed by atoms with Crippen LogP contribution >= 0.6 is 11.3 Å². The number of benzene rings is 2. The predicted octanol–water partition coefficient (Wildman–Crippen LogP) is 4.61. The average molecular weight is 434 g/mol. The number of carbonyl (C=O) groups is 1. The van der Waals surface area contributed by atoms with Crippen molar-refractivity contribution >= 4 is 17.2 Å². The van der Waals surface area contributed by atoms with Crippen LogP contribution in [-0.4, -0.2) is 29.9 Å². The van der Waals surface area contributed by atoms with E-state index in [2.05, 4.69) is 5.32 Å². The molecule has 0 aliphatic rings. The van der Waals surface area contributed by atoms with E-state index >= 15 is 0 Å². The Morgan fingerprint density at radius 1 is 1.06 bits per heavy atom. The molecule has 0 aliphatic heterocycles. The molecule has 31 heavy (non-hydrogen) atoms. The third kappa shape index (κ3) is 4.78. The monoisotopic (exact) mass is 433 g/mol. The van der Waals surface area contributed by atoms with Gasteiger partial charge in [0.05, 0.1) is 31.2 Å². The Hall–Kier alpha value is -3.58. The first-order chi connectivity index (χ1) is 15.2. The van der Waals surface area contributed by atoms with Crippen LogP contribution in [0.25, 0.3) is 10.6 Å². The molecule has 4 rings (SSSR count). The lowest BCUT2D eigenvalue weighted by atomic mass is 10.1. The maximum absolute atomic E-state index is 13.1. The Morgan fingerprint density at radius 2 is 1.90 bits per heavy atom. The first kappa shape index (κ1) is 20.7. The molecule has 1 amide bonds. The van der Waals surface area contributed by atoms with Gasteiger partial charge in [0.1, 0.15) is 17.2 Å². The summed E-state index contributed by atoms with van der Waals surface area (Å²) in [4.78, 5) is 14.1. The van der Waals surface area contributed by atoms with E-state index in [1.165, 1.54) is 0 Å². The lowest BCUT2D eigenvalue weighted by Gasteiger charge is -2.11. The molecule has 0 unspecified atom stereocenters. The Labute approximate surface area is 185 Å². The van der Waals surface area contributed by atoms with Gasteiger partial charge in [0, 0.05) is 18.3 Å². The second-order valence-electron chi connectivity index (χ2n) is 6.91. The standard InChI is InChI=1S/C24H23N3O3S/c1-29-19-10-11-21(30-2)18(13-19)14-25-24(28)20-16-27(15-17-7-4-3-5-8-17)26-23(20)22-9-6-12-31-22/h3-13,16H,14-15H2,1-2H3,(H,25,28). The lowest BCUT2D eigenvalue weighted by Crippen LogP contribution is -2.23. The Kier molecular flexibility index (Phi) is 6.33. The highest BCUT2D eigenvalue weighted by atomic mass is 32.1. The number of rotatable bonds is 8. The van der Waals surface area contributed by atoms with Gasteiger partial charge >= 0.3 is 0 Å². The molecule has 0 fully saturated rings. The molecule has 6 nitrogen and oxygen atoms in total. The highest BCUT2D eigenvalue weighted by molar-refractivity contribution is 7.13. The summed E-state index contributed by atoms with van der Waals surface area (Å²) in [6.45, 7) is 0.906. The second-order valence-corrected chi connectivity index (χ2v) is 7.86. The summed E-state index contributed by atoms with van der Waals surface area (Å²) < 4.78 is 12.5. The summed E-state index contributed by atoms with van der Waals surface area (Å²) >= 11 is 1.56. The third-order valence-corrected chi connectivity index (χ3v) is 5.75. The van der Waals surface area contributed by atoms with E-state index < -0.39 is 0 Å². The number of thiophene rings is 1. The van der Waals surface area contributed by atoms with Gasteiger partial charge in [0.25, 0.3) is 5.91 Å². The highest BCUT2D eigenvalue weighted by Crippen LogP contribution is 2.28. The molecular formula is C24H23N3O3S. The van der Waals surface area contributed by atoms with Crippen LogP contribution in [0.2, 0.25) is 0 Å². The molecule has 0 atom stereocenters. The van der Waals surface area contributed by atoms with Crippen LogP contribution < -0.4 is 14.8 Å². The number of carbonyl (C=O) groups excluding carboxylic acids is 1.